The number of nitrogens with zero attached hydrogens (tertiary/aromatic N) is 1. The zero-order valence-electron chi connectivity index (χ0n) is 10.7. The second-order valence-corrected chi connectivity index (χ2v) is 4.71. The third-order valence-electron chi connectivity index (χ3n) is 1.94. The van der Waals surface area contributed by atoms with Crippen LogP contribution in [-0.4, -0.2) is 6.21 Å². The first-order valence-corrected chi connectivity index (χ1v) is 4.94. The van der Waals surface area contributed by atoms with Crippen molar-refractivity contribution in [2.45, 2.75) is 34.6 Å². The van der Waals surface area contributed by atoms with E-state index in [1.54, 1.807) is 0 Å². The van der Waals surface area contributed by atoms with Crippen LogP contribution in [0.2, 0.25) is 0 Å². The van der Waals surface area contributed by atoms with Gasteiger partial charge in [-0.3, -0.25) is 0 Å². The van der Waals surface area contributed by atoms with Crippen molar-refractivity contribution in [2.24, 2.45) is 10.4 Å². The van der Waals surface area contributed by atoms with Crippen molar-refractivity contribution in [2.75, 3.05) is 0 Å². The van der Waals surface area contributed by atoms with Crippen molar-refractivity contribution >= 4 is 11.9 Å². The summed E-state index contributed by atoms with van der Waals surface area (Å²) in [6, 6.07) is 6.22. The minimum Gasteiger partial charge on any atom is -0.455 e. The minimum absolute atomic E-state index is 0. The summed E-state index contributed by atoms with van der Waals surface area (Å²) in [5, 5.41) is 0. The predicted molar refractivity (Wildman–Crippen MR) is 62.5 cm³/mol. The number of hydrogen-bond acceptors (Lipinski definition) is 1. The summed E-state index contributed by atoms with van der Waals surface area (Å²) in [4.78, 5) is 4.43. The molecule has 1 aromatic carbocycles. The SMILES string of the molecule is Cc1cccc(C)c1N=[C-]C(C)(C)C.[Li+]. The van der Waals surface area contributed by atoms with Gasteiger partial charge in [-0.25, -0.2) is 0 Å². The normalized spacial score (nSPS) is 11.5. The van der Waals surface area contributed by atoms with Crippen LogP contribution in [0.5, 0.6) is 0 Å². The molecule has 1 rings (SSSR count). The van der Waals surface area contributed by atoms with Crippen molar-refractivity contribution in [3.8, 4) is 0 Å². The Kier molecular flexibility index (Phi) is 5.35. The number of para-hydroxylation sites is 1. The van der Waals surface area contributed by atoms with Crippen molar-refractivity contribution in [3.63, 3.8) is 0 Å². The molecular weight excluding hydrogens is 177 g/mol. The van der Waals surface area contributed by atoms with Crippen LogP contribution in [0.15, 0.2) is 23.2 Å². The molecule has 76 valence electrons. The fraction of sp³-hybridized carbons (Fsp3) is 0.462. The van der Waals surface area contributed by atoms with Gasteiger partial charge < -0.3 is 4.99 Å². The van der Waals surface area contributed by atoms with E-state index in [4.69, 9.17) is 0 Å². The Bertz CT molecular complexity index is 328. The van der Waals surface area contributed by atoms with Crippen LogP contribution in [0.25, 0.3) is 0 Å². The molecule has 0 unspecified atom stereocenters. The quantitative estimate of drug-likeness (QED) is 0.359. The maximum absolute atomic E-state index is 4.43. The van der Waals surface area contributed by atoms with Crippen molar-refractivity contribution < 1.29 is 18.9 Å². The Morgan fingerprint density at radius 2 is 1.53 bits per heavy atom. The molecule has 1 nitrogen and oxygen atoms in total. The Labute approximate surface area is 105 Å². The van der Waals surface area contributed by atoms with Crippen molar-refractivity contribution in [1.29, 1.82) is 0 Å². The van der Waals surface area contributed by atoms with Gasteiger partial charge in [0.25, 0.3) is 0 Å². The first kappa shape index (κ1) is 14.5. The molecule has 0 spiro atoms. The molecule has 0 bridgehead atoms. The first-order chi connectivity index (χ1) is 6.40. The molecule has 2 heteroatoms. The van der Waals surface area contributed by atoms with Crippen LogP contribution in [0.4, 0.5) is 5.69 Å². The van der Waals surface area contributed by atoms with Crippen LogP contribution in [0.3, 0.4) is 0 Å². The fourth-order valence-corrected chi connectivity index (χ4v) is 1.21. The summed E-state index contributed by atoms with van der Waals surface area (Å²) in [6.07, 6.45) is 3.14. The van der Waals surface area contributed by atoms with Crippen LogP contribution in [0.1, 0.15) is 31.9 Å². The van der Waals surface area contributed by atoms with Crippen LogP contribution < -0.4 is 18.9 Å². The van der Waals surface area contributed by atoms with Gasteiger partial charge in [0.1, 0.15) is 0 Å². The predicted octanol–water partition coefficient (Wildman–Crippen LogP) is 0.933. The molecular formula is C13H18LiN. The summed E-state index contributed by atoms with van der Waals surface area (Å²) in [6.45, 7) is 10.5. The first-order valence-electron chi connectivity index (χ1n) is 4.94. The van der Waals surface area contributed by atoms with Gasteiger partial charge >= 0.3 is 18.9 Å². The third kappa shape index (κ3) is 4.69. The van der Waals surface area contributed by atoms with E-state index in [-0.39, 0.29) is 24.3 Å². The standard InChI is InChI=1S/C13H18N.Li/c1-10-7-6-8-11(2)12(10)14-9-13(3,4)5;/h6-8H,1-5H3;/q-1;+1. The molecule has 0 saturated heterocycles. The fourth-order valence-electron chi connectivity index (χ4n) is 1.21. The van der Waals surface area contributed by atoms with E-state index < -0.39 is 0 Å². The van der Waals surface area contributed by atoms with E-state index in [1.807, 2.05) is 0 Å². The molecule has 0 saturated carbocycles. The Hall–Kier alpha value is -0.513. The molecule has 0 N–H and O–H groups in total. The summed E-state index contributed by atoms with van der Waals surface area (Å²) >= 11 is 0. The average molecular weight is 195 g/mol. The van der Waals surface area contributed by atoms with Crippen molar-refractivity contribution in [3.05, 3.63) is 29.3 Å². The van der Waals surface area contributed by atoms with Crippen LogP contribution in [0, 0.1) is 19.3 Å². The molecule has 0 aliphatic heterocycles. The molecule has 0 aromatic heterocycles. The van der Waals surface area contributed by atoms with Gasteiger partial charge in [-0.1, -0.05) is 63.9 Å². The molecule has 0 aliphatic rings. The van der Waals surface area contributed by atoms with Crippen molar-refractivity contribution in [1.82, 2.24) is 0 Å². The van der Waals surface area contributed by atoms with Gasteiger partial charge in [0, 0.05) is 0 Å². The van der Waals surface area contributed by atoms with Crippen LogP contribution in [-0.2, 0) is 0 Å². The number of aliphatic imine (C=N–C) groups is 1. The Morgan fingerprint density at radius 3 is 1.93 bits per heavy atom. The minimum atomic E-state index is 0. The van der Waals surface area contributed by atoms with Gasteiger partial charge in [0.05, 0.1) is 0 Å². The molecule has 0 atom stereocenters. The number of rotatable bonds is 1. The second kappa shape index (κ2) is 5.54. The van der Waals surface area contributed by atoms with E-state index in [0.29, 0.717) is 0 Å². The van der Waals surface area contributed by atoms with E-state index in [2.05, 4.69) is 64.0 Å². The van der Waals surface area contributed by atoms with E-state index >= 15 is 0 Å². The van der Waals surface area contributed by atoms with Gasteiger partial charge in [0.2, 0.25) is 0 Å². The summed E-state index contributed by atoms with van der Waals surface area (Å²) < 4.78 is 0. The monoisotopic (exact) mass is 195 g/mol. The smallest absolute Gasteiger partial charge is 0.455 e. The summed E-state index contributed by atoms with van der Waals surface area (Å²) in [5.74, 6) is 0. The third-order valence-corrected chi connectivity index (χ3v) is 1.94. The maximum Gasteiger partial charge on any atom is 1.00 e. The molecule has 0 amide bonds. The summed E-state index contributed by atoms with van der Waals surface area (Å²) in [7, 11) is 0. The van der Waals surface area contributed by atoms with Gasteiger partial charge in [-0.05, 0) is 0 Å². The molecule has 0 radical (unpaired) electrons. The number of benzene rings is 1. The van der Waals surface area contributed by atoms with Gasteiger partial charge in [0.15, 0.2) is 0 Å². The number of aryl methyl sites for hydroxylation is 2. The largest absolute Gasteiger partial charge is 1.00 e. The Balaban J connectivity index is 0.00000196. The molecule has 15 heavy (non-hydrogen) atoms. The molecule has 0 aliphatic carbocycles. The Morgan fingerprint density at radius 1 is 1.07 bits per heavy atom. The molecule has 1 aromatic rings. The zero-order chi connectivity index (χ0) is 10.8. The van der Waals surface area contributed by atoms with Crippen LogP contribution >= 0.6 is 0 Å². The summed E-state index contributed by atoms with van der Waals surface area (Å²) in [5.41, 5.74) is 3.50. The van der Waals surface area contributed by atoms with Gasteiger partial charge in [-0.15, -0.1) is 11.1 Å². The van der Waals surface area contributed by atoms with Gasteiger partial charge in [-0.2, -0.15) is 6.21 Å². The average Bonchev–Trinajstić information content (AvgIpc) is 2.01. The molecule has 0 fully saturated rings. The maximum atomic E-state index is 4.43. The number of hydrogen-bond donors (Lipinski definition) is 0. The molecule has 0 heterocycles. The van der Waals surface area contributed by atoms with E-state index in [1.165, 1.54) is 11.1 Å². The second-order valence-electron chi connectivity index (χ2n) is 4.71. The zero-order valence-corrected chi connectivity index (χ0v) is 10.7. The van der Waals surface area contributed by atoms with E-state index in [9.17, 15) is 0 Å². The topological polar surface area (TPSA) is 12.4 Å². The van der Waals surface area contributed by atoms with E-state index in [0.717, 1.165) is 5.69 Å².